The normalized spacial score (nSPS) is 19.0. The van der Waals surface area contributed by atoms with Crippen molar-refractivity contribution >= 4 is 12.0 Å². The second-order valence-electron chi connectivity index (χ2n) is 5.29. The van der Waals surface area contributed by atoms with Gasteiger partial charge in [0.2, 0.25) is 5.91 Å². The van der Waals surface area contributed by atoms with E-state index < -0.39 is 0 Å². The number of carbonyl (C=O) groups is 1. The predicted octanol–water partition coefficient (Wildman–Crippen LogP) is 1.45. The fourth-order valence-electron chi connectivity index (χ4n) is 2.52. The van der Waals surface area contributed by atoms with E-state index in [-0.39, 0.29) is 12.0 Å². The van der Waals surface area contributed by atoms with Crippen LogP contribution < -0.4 is 9.47 Å². The Bertz CT molecular complexity index is 547. The highest BCUT2D eigenvalue weighted by atomic mass is 16.6. The maximum Gasteiger partial charge on any atom is 0.246 e. The van der Waals surface area contributed by atoms with Gasteiger partial charge in [-0.05, 0) is 36.6 Å². The average molecular weight is 289 g/mol. The SMILES string of the molecule is O=C(/C=C/c1ccc2c(c1)OCCO2)N1CCC(O)CC1. The molecule has 0 radical (unpaired) electrons. The lowest BCUT2D eigenvalue weighted by atomic mass is 10.1. The number of fused-ring (bicyclic) bond motifs is 1. The van der Waals surface area contributed by atoms with E-state index in [0.717, 1.165) is 17.1 Å². The molecule has 1 saturated heterocycles. The van der Waals surface area contributed by atoms with E-state index >= 15 is 0 Å². The molecule has 0 unspecified atom stereocenters. The summed E-state index contributed by atoms with van der Waals surface area (Å²) < 4.78 is 11.0. The molecule has 0 aliphatic carbocycles. The molecule has 1 fully saturated rings. The van der Waals surface area contributed by atoms with Crippen LogP contribution in [0, 0.1) is 0 Å². The molecule has 1 aromatic carbocycles. The zero-order chi connectivity index (χ0) is 14.7. The van der Waals surface area contributed by atoms with Gasteiger partial charge < -0.3 is 19.5 Å². The summed E-state index contributed by atoms with van der Waals surface area (Å²) in [7, 11) is 0. The molecule has 5 nitrogen and oxygen atoms in total. The summed E-state index contributed by atoms with van der Waals surface area (Å²) in [5, 5.41) is 9.45. The van der Waals surface area contributed by atoms with E-state index in [0.29, 0.717) is 39.1 Å². The number of amides is 1. The van der Waals surface area contributed by atoms with Crippen molar-refractivity contribution in [1.29, 1.82) is 0 Å². The minimum Gasteiger partial charge on any atom is -0.486 e. The van der Waals surface area contributed by atoms with Crippen LogP contribution in [0.15, 0.2) is 24.3 Å². The van der Waals surface area contributed by atoms with Gasteiger partial charge in [-0.15, -0.1) is 0 Å². The molecule has 112 valence electrons. The summed E-state index contributed by atoms with van der Waals surface area (Å²) >= 11 is 0. The molecule has 1 amide bonds. The molecule has 0 aromatic heterocycles. The van der Waals surface area contributed by atoms with Gasteiger partial charge in [-0.25, -0.2) is 0 Å². The van der Waals surface area contributed by atoms with Crippen LogP contribution in [0.2, 0.25) is 0 Å². The van der Waals surface area contributed by atoms with Crippen LogP contribution in [0.25, 0.3) is 6.08 Å². The molecular formula is C16H19NO4. The molecule has 1 N–H and O–H groups in total. The fourth-order valence-corrected chi connectivity index (χ4v) is 2.52. The van der Waals surface area contributed by atoms with Gasteiger partial charge in [-0.3, -0.25) is 4.79 Å². The number of ether oxygens (including phenoxy) is 2. The summed E-state index contributed by atoms with van der Waals surface area (Å²) in [6, 6.07) is 5.63. The Hall–Kier alpha value is -2.01. The number of rotatable bonds is 2. The Morgan fingerprint density at radius 2 is 1.90 bits per heavy atom. The van der Waals surface area contributed by atoms with Crippen LogP contribution in [-0.4, -0.2) is 48.3 Å². The molecule has 2 aliphatic heterocycles. The van der Waals surface area contributed by atoms with Crippen molar-refractivity contribution in [3.05, 3.63) is 29.8 Å². The Morgan fingerprint density at radius 1 is 1.19 bits per heavy atom. The van der Waals surface area contributed by atoms with Gasteiger partial charge in [0, 0.05) is 19.2 Å². The second kappa shape index (κ2) is 6.18. The molecule has 0 bridgehead atoms. The predicted molar refractivity (Wildman–Crippen MR) is 78.3 cm³/mol. The number of aliphatic hydroxyl groups excluding tert-OH is 1. The lowest BCUT2D eigenvalue weighted by Gasteiger charge is -2.28. The standard InChI is InChI=1S/C16H19NO4/c18-13-5-7-17(8-6-13)16(19)4-2-12-1-3-14-15(11-12)21-10-9-20-14/h1-4,11,13,18H,5-10H2/b4-2+. The molecular weight excluding hydrogens is 270 g/mol. The van der Waals surface area contributed by atoms with Crippen molar-refractivity contribution in [1.82, 2.24) is 4.90 Å². The Morgan fingerprint density at radius 3 is 2.67 bits per heavy atom. The van der Waals surface area contributed by atoms with Crippen LogP contribution in [0.1, 0.15) is 18.4 Å². The summed E-state index contributed by atoms with van der Waals surface area (Å²) in [5.74, 6) is 1.45. The third-order valence-corrected chi connectivity index (χ3v) is 3.76. The third kappa shape index (κ3) is 3.36. The number of nitrogens with zero attached hydrogens (tertiary/aromatic N) is 1. The molecule has 2 aliphatic rings. The van der Waals surface area contributed by atoms with Crippen molar-refractivity contribution in [3.8, 4) is 11.5 Å². The zero-order valence-electron chi connectivity index (χ0n) is 11.8. The molecule has 2 heterocycles. The van der Waals surface area contributed by atoms with Gasteiger partial charge in [0.15, 0.2) is 11.5 Å². The quantitative estimate of drug-likeness (QED) is 0.837. The van der Waals surface area contributed by atoms with Crippen LogP contribution in [-0.2, 0) is 4.79 Å². The van der Waals surface area contributed by atoms with Crippen molar-refractivity contribution in [2.75, 3.05) is 26.3 Å². The van der Waals surface area contributed by atoms with Gasteiger partial charge in [0.25, 0.3) is 0 Å². The van der Waals surface area contributed by atoms with Crippen molar-refractivity contribution in [2.45, 2.75) is 18.9 Å². The smallest absolute Gasteiger partial charge is 0.246 e. The van der Waals surface area contributed by atoms with E-state index in [2.05, 4.69) is 0 Å². The van der Waals surface area contributed by atoms with Gasteiger partial charge in [0.05, 0.1) is 6.10 Å². The van der Waals surface area contributed by atoms with Crippen LogP contribution in [0.5, 0.6) is 11.5 Å². The third-order valence-electron chi connectivity index (χ3n) is 3.76. The largest absolute Gasteiger partial charge is 0.486 e. The summed E-state index contributed by atoms with van der Waals surface area (Å²) in [6.45, 7) is 2.35. The number of piperidine rings is 1. The number of hydrogen-bond acceptors (Lipinski definition) is 4. The molecule has 21 heavy (non-hydrogen) atoms. The summed E-state index contributed by atoms with van der Waals surface area (Å²) in [5.41, 5.74) is 0.907. The van der Waals surface area contributed by atoms with Crippen LogP contribution in [0.3, 0.4) is 0 Å². The minimum atomic E-state index is -0.268. The first-order chi connectivity index (χ1) is 10.2. The number of hydrogen-bond donors (Lipinski definition) is 1. The lowest BCUT2D eigenvalue weighted by Crippen LogP contribution is -2.39. The highest BCUT2D eigenvalue weighted by Crippen LogP contribution is 2.31. The minimum absolute atomic E-state index is 0.0169. The Labute approximate surface area is 123 Å². The van der Waals surface area contributed by atoms with E-state index in [1.54, 1.807) is 17.1 Å². The van der Waals surface area contributed by atoms with Crippen molar-refractivity contribution < 1.29 is 19.4 Å². The van der Waals surface area contributed by atoms with Gasteiger partial charge >= 0.3 is 0 Å². The first-order valence-corrected chi connectivity index (χ1v) is 7.27. The molecule has 5 heteroatoms. The van der Waals surface area contributed by atoms with Crippen molar-refractivity contribution in [2.24, 2.45) is 0 Å². The lowest BCUT2D eigenvalue weighted by molar-refractivity contribution is -0.127. The highest BCUT2D eigenvalue weighted by molar-refractivity contribution is 5.91. The topological polar surface area (TPSA) is 59.0 Å². The maximum atomic E-state index is 12.1. The van der Waals surface area contributed by atoms with Gasteiger partial charge in [-0.2, -0.15) is 0 Å². The van der Waals surface area contributed by atoms with Crippen LogP contribution >= 0.6 is 0 Å². The number of likely N-dealkylation sites (tertiary alicyclic amines) is 1. The molecule has 0 spiro atoms. The zero-order valence-corrected chi connectivity index (χ0v) is 11.8. The molecule has 3 rings (SSSR count). The number of aliphatic hydroxyl groups is 1. The average Bonchev–Trinajstić information content (AvgIpc) is 2.53. The van der Waals surface area contributed by atoms with Gasteiger partial charge in [0.1, 0.15) is 13.2 Å². The summed E-state index contributed by atoms with van der Waals surface area (Å²) in [4.78, 5) is 13.8. The summed E-state index contributed by atoms with van der Waals surface area (Å²) in [6.07, 6.45) is 4.40. The van der Waals surface area contributed by atoms with Crippen molar-refractivity contribution in [3.63, 3.8) is 0 Å². The molecule has 1 aromatic rings. The first kappa shape index (κ1) is 13.9. The Balaban J connectivity index is 1.64. The second-order valence-corrected chi connectivity index (χ2v) is 5.29. The van der Waals surface area contributed by atoms with Crippen LogP contribution in [0.4, 0.5) is 0 Å². The number of carbonyl (C=O) groups excluding carboxylic acids is 1. The van der Waals surface area contributed by atoms with E-state index in [9.17, 15) is 9.90 Å². The monoisotopic (exact) mass is 289 g/mol. The van der Waals surface area contributed by atoms with E-state index in [1.807, 2.05) is 18.2 Å². The van der Waals surface area contributed by atoms with E-state index in [4.69, 9.17) is 9.47 Å². The fraction of sp³-hybridized carbons (Fsp3) is 0.438. The highest BCUT2D eigenvalue weighted by Gasteiger charge is 2.19. The molecule has 0 atom stereocenters. The maximum absolute atomic E-state index is 12.1. The molecule has 0 saturated carbocycles. The van der Waals surface area contributed by atoms with E-state index in [1.165, 1.54) is 0 Å². The first-order valence-electron chi connectivity index (χ1n) is 7.27. The Kier molecular flexibility index (Phi) is 4.10. The number of benzene rings is 1. The van der Waals surface area contributed by atoms with Gasteiger partial charge in [-0.1, -0.05) is 6.07 Å².